The third-order valence-corrected chi connectivity index (χ3v) is 5.98. The number of esters is 1. The normalized spacial score (nSPS) is 14.2. The van der Waals surface area contributed by atoms with E-state index in [9.17, 15) is 14.4 Å². The number of nitrogens with one attached hydrogen (secondary N) is 1. The molecule has 7 nitrogen and oxygen atoms in total. The number of piperidine rings is 1. The summed E-state index contributed by atoms with van der Waals surface area (Å²) in [5.74, 6) is -0.545. The molecular formula is C27H34N2O5. The number of ether oxygens (including phenoxy) is 2. The summed E-state index contributed by atoms with van der Waals surface area (Å²) in [5.41, 5.74) is 3.60. The van der Waals surface area contributed by atoms with Crippen LogP contribution < -0.4 is 10.2 Å². The van der Waals surface area contributed by atoms with Gasteiger partial charge in [0.1, 0.15) is 13.2 Å². The maximum atomic E-state index is 12.9. The van der Waals surface area contributed by atoms with Crippen molar-refractivity contribution in [3.8, 4) is 0 Å². The summed E-state index contributed by atoms with van der Waals surface area (Å²) in [5, 5.41) is 3.24. The molecule has 34 heavy (non-hydrogen) atoms. The highest BCUT2D eigenvalue weighted by molar-refractivity contribution is 5.89. The Labute approximate surface area is 201 Å². The molecule has 0 bridgehead atoms. The Kier molecular flexibility index (Phi) is 9.95. The molecule has 1 amide bonds. The van der Waals surface area contributed by atoms with Gasteiger partial charge in [-0.25, -0.2) is 4.79 Å². The predicted octanol–water partition coefficient (Wildman–Crippen LogP) is 4.21. The Balaban J connectivity index is 1.61. The van der Waals surface area contributed by atoms with Gasteiger partial charge in [0.15, 0.2) is 0 Å². The van der Waals surface area contributed by atoms with Crippen LogP contribution in [0, 0.1) is 0 Å². The van der Waals surface area contributed by atoms with Crippen LogP contribution in [0.1, 0.15) is 66.6 Å². The van der Waals surface area contributed by atoms with E-state index < -0.39 is 5.97 Å². The molecule has 0 saturated carbocycles. The molecule has 2 aromatic carbocycles. The first-order chi connectivity index (χ1) is 16.6. The summed E-state index contributed by atoms with van der Waals surface area (Å²) >= 11 is 0. The number of hydrogen-bond acceptors (Lipinski definition) is 6. The van der Waals surface area contributed by atoms with Crippen LogP contribution in [0.2, 0.25) is 0 Å². The van der Waals surface area contributed by atoms with E-state index >= 15 is 0 Å². The minimum absolute atomic E-state index is 0.000545. The van der Waals surface area contributed by atoms with Gasteiger partial charge < -0.3 is 19.7 Å². The molecule has 7 heteroatoms. The summed E-state index contributed by atoms with van der Waals surface area (Å²) in [6, 6.07) is 15.2. The van der Waals surface area contributed by atoms with Crippen LogP contribution >= 0.6 is 0 Å². The van der Waals surface area contributed by atoms with E-state index in [-0.39, 0.29) is 31.6 Å². The van der Waals surface area contributed by atoms with E-state index in [0.717, 1.165) is 31.5 Å². The van der Waals surface area contributed by atoms with Gasteiger partial charge in [-0.15, -0.1) is 0 Å². The zero-order chi connectivity index (χ0) is 24.2. The monoisotopic (exact) mass is 466 g/mol. The average molecular weight is 467 g/mol. The Morgan fingerprint density at radius 3 is 2.47 bits per heavy atom. The third-order valence-electron chi connectivity index (χ3n) is 5.98. The van der Waals surface area contributed by atoms with Crippen LogP contribution in [0.4, 0.5) is 5.69 Å². The van der Waals surface area contributed by atoms with Crippen LogP contribution in [-0.4, -0.2) is 44.7 Å². The highest BCUT2D eigenvalue weighted by Gasteiger charge is 2.21. The number of benzene rings is 2. The molecule has 0 spiro atoms. The third kappa shape index (κ3) is 7.33. The number of para-hydroxylation sites is 1. The predicted molar refractivity (Wildman–Crippen MR) is 131 cm³/mol. The lowest BCUT2D eigenvalue weighted by Crippen LogP contribution is -2.34. The Morgan fingerprint density at radius 2 is 1.76 bits per heavy atom. The Bertz CT molecular complexity index is 938. The van der Waals surface area contributed by atoms with Crippen molar-refractivity contribution in [3.63, 3.8) is 0 Å². The van der Waals surface area contributed by atoms with Gasteiger partial charge in [0, 0.05) is 18.8 Å². The molecule has 0 aliphatic carbocycles. The van der Waals surface area contributed by atoms with Crippen molar-refractivity contribution < 1.29 is 23.9 Å². The molecule has 1 fully saturated rings. The molecule has 1 N–H and O–H groups in total. The zero-order valence-corrected chi connectivity index (χ0v) is 19.8. The molecule has 2 aromatic rings. The van der Waals surface area contributed by atoms with Gasteiger partial charge in [-0.2, -0.15) is 0 Å². The smallest absolute Gasteiger partial charge is 0.338 e. The van der Waals surface area contributed by atoms with Crippen molar-refractivity contribution in [2.24, 2.45) is 0 Å². The lowest BCUT2D eigenvalue weighted by molar-refractivity contribution is -0.129. The average Bonchev–Trinajstić information content (AvgIpc) is 2.87. The number of amides is 1. The summed E-state index contributed by atoms with van der Waals surface area (Å²) in [6.07, 6.45) is 5.75. The van der Waals surface area contributed by atoms with Gasteiger partial charge in [0.25, 0.3) is 6.47 Å². The number of hydrogen-bond donors (Lipinski definition) is 1. The second kappa shape index (κ2) is 13.4. The second-order valence-electron chi connectivity index (χ2n) is 8.49. The van der Waals surface area contributed by atoms with Gasteiger partial charge >= 0.3 is 5.97 Å². The first-order valence-electron chi connectivity index (χ1n) is 12.1. The molecule has 1 aliphatic rings. The number of carbonyl (C=O) groups is 3. The van der Waals surface area contributed by atoms with E-state index in [1.54, 1.807) is 24.3 Å². The van der Waals surface area contributed by atoms with Gasteiger partial charge in [-0.1, -0.05) is 43.7 Å². The lowest BCUT2D eigenvalue weighted by Gasteiger charge is -2.32. The summed E-state index contributed by atoms with van der Waals surface area (Å²) in [6.45, 7) is 4.58. The number of nitrogens with zero attached hydrogens (tertiary/aromatic N) is 1. The standard InChI is InChI=1S/C27H34N2O5/c1-2-8-24(23-9-4-5-10-25(23)29-15-6-3-7-16-29)28-26(31)19-21-11-13-22(14-12-21)27(32)34-18-17-33-20-30/h4-5,9-14,20,24H,2-3,6-8,15-19H2,1H3,(H,28,31). The van der Waals surface area contributed by atoms with Crippen molar-refractivity contribution in [1.82, 2.24) is 5.32 Å². The largest absolute Gasteiger partial charge is 0.464 e. The highest BCUT2D eigenvalue weighted by atomic mass is 16.6. The molecule has 0 aromatic heterocycles. The van der Waals surface area contributed by atoms with Crippen molar-refractivity contribution in [3.05, 3.63) is 65.2 Å². The first kappa shape index (κ1) is 25.3. The Morgan fingerprint density at radius 1 is 1.03 bits per heavy atom. The fourth-order valence-electron chi connectivity index (χ4n) is 4.30. The first-order valence-corrected chi connectivity index (χ1v) is 12.1. The molecule has 1 atom stereocenters. The van der Waals surface area contributed by atoms with Crippen LogP contribution in [0.25, 0.3) is 0 Å². The minimum Gasteiger partial charge on any atom is -0.464 e. The van der Waals surface area contributed by atoms with Crippen molar-refractivity contribution in [2.75, 3.05) is 31.2 Å². The van der Waals surface area contributed by atoms with Crippen LogP contribution in [0.15, 0.2) is 48.5 Å². The molecular weight excluding hydrogens is 432 g/mol. The zero-order valence-electron chi connectivity index (χ0n) is 19.8. The van der Waals surface area contributed by atoms with Crippen molar-refractivity contribution in [1.29, 1.82) is 0 Å². The molecule has 1 heterocycles. The topological polar surface area (TPSA) is 84.9 Å². The van der Waals surface area contributed by atoms with Crippen LogP contribution in [-0.2, 0) is 25.5 Å². The molecule has 0 radical (unpaired) electrons. The van der Waals surface area contributed by atoms with Gasteiger partial charge in [0.05, 0.1) is 18.0 Å². The number of anilines is 1. The summed E-state index contributed by atoms with van der Waals surface area (Å²) in [4.78, 5) is 37.5. The quantitative estimate of drug-likeness (QED) is 0.287. The molecule has 182 valence electrons. The van der Waals surface area contributed by atoms with Crippen LogP contribution in [0.5, 0.6) is 0 Å². The second-order valence-corrected chi connectivity index (χ2v) is 8.49. The summed E-state index contributed by atoms with van der Waals surface area (Å²) in [7, 11) is 0. The number of carbonyl (C=O) groups excluding carboxylic acids is 3. The SMILES string of the molecule is CCCC(NC(=O)Cc1ccc(C(=O)OCCOC=O)cc1)c1ccccc1N1CCCCC1. The van der Waals surface area contributed by atoms with E-state index in [0.29, 0.717) is 12.0 Å². The van der Waals surface area contributed by atoms with Crippen LogP contribution in [0.3, 0.4) is 0 Å². The van der Waals surface area contributed by atoms with Gasteiger partial charge in [-0.05, 0) is 55.0 Å². The van der Waals surface area contributed by atoms with E-state index in [1.165, 1.54) is 30.5 Å². The molecule has 1 saturated heterocycles. The van der Waals surface area contributed by atoms with Gasteiger partial charge in [0.2, 0.25) is 5.91 Å². The van der Waals surface area contributed by atoms with E-state index in [2.05, 4.69) is 40.1 Å². The summed E-state index contributed by atoms with van der Waals surface area (Å²) < 4.78 is 9.54. The lowest BCUT2D eigenvalue weighted by atomic mass is 9.98. The van der Waals surface area contributed by atoms with E-state index in [1.807, 2.05) is 6.07 Å². The van der Waals surface area contributed by atoms with Gasteiger partial charge in [-0.3, -0.25) is 9.59 Å². The maximum Gasteiger partial charge on any atom is 0.338 e. The number of rotatable bonds is 12. The van der Waals surface area contributed by atoms with Crippen molar-refractivity contribution in [2.45, 2.75) is 51.5 Å². The fourth-order valence-corrected chi connectivity index (χ4v) is 4.30. The Hall–Kier alpha value is -3.35. The molecule has 1 aliphatic heterocycles. The highest BCUT2D eigenvalue weighted by Crippen LogP contribution is 2.31. The van der Waals surface area contributed by atoms with Crippen molar-refractivity contribution >= 4 is 24.0 Å². The molecule has 3 rings (SSSR count). The fraction of sp³-hybridized carbons (Fsp3) is 0.444. The molecule has 1 unspecified atom stereocenters. The maximum absolute atomic E-state index is 12.9. The van der Waals surface area contributed by atoms with E-state index in [4.69, 9.17) is 4.74 Å². The minimum atomic E-state index is -0.497.